The van der Waals surface area contributed by atoms with Crippen LogP contribution in [0.3, 0.4) is 0 Å². The summed E-state index contributed by atoms with van der Waals surface area (Å²) in [5.41, 5.74) is -0.627. The van der Waals surface area contributed by atoms with Gasteiger partial charge >= 0.3 is 11.4 Å². The van der Waals surface area contributed by atoms with Crippen LogP contribution in [0.25, 0.3) is 0 Å². The first-order valence-corrected chi connectivity index (χ1v) is 6.03. The number of hydrogen-bond acceptors (Lipinski definition) is 5. The Morgan fingerprint density at radius 1 is 1.65 bits per heavy atom. The lowest BCUT2D eigenvalue weighted by Crippen LogP contribution is -2.26. The Morgan fingerprint density at radius 3 is 2.88 bits per heavy atom. The van der Waals surface area contributed by atoms with E-state index in [2.05, 4.69) is 17.6 Å². The van der Waals surface area contributed by atoms with Gasteiger partial charge in [-0.05, 0) is 18.1 Å². The van der Waals surface area contributed by atoms with Gasteiger partial charge in [0, 0.05) is 6.54 Å². The second-order valence-electron chi connectivity index (χ2n) is 3.84. The molecule has 6 nitrogen and oxygen atoms in total. The minimum absolute atomic E-state index is 0.168. The lowest BCUT2D eigenvalue weighted by molar-refractivity contribution is -0.385. The van der Waals surface area contributed by atoms with Gasteiger partial charge in [-0.3, -0.25) is 14.7 Å². The van der Waals surface area contributed by atoms with E-state index in [1.165, 1.54) is 10.8 Å². The smallest absolute Gasteiger partial charge is 0.292 e. The van der Waals surface area contributed by atoms with Crippen molar-refractivity contribution < 1.29 is 4.92 Å². The zero-order valence-electron chi connectivity index (χ0n) is 9.57. The molecule has 0 saturated carbocycles. The summed E-state index contributed by atoms with van der Waals surface area (Å²) in [6.45, 7) is 2.47. The van der Waals surface area contributed by atoms with Crippen LogP contribution in [-0.2, 0) is 6.54 Å². The predicted molar refractivity (Wildman–Crippen MR) is 67.4 cm³/mol. The van der Waals surface area contributed by atoms with E-state index in [0.29, 0.717) is 12.3 Å². The lowest BCUT2D eigenvalue weighted by Gasteiger charge is -2.14. The zero-order chi connectivity index (χ0) is 12.8. The lowest BCUT2D eigenvalue weighted by atomic mass is 10.1. The van der Waals surface area contributed by atoms with Crippen molar-refractivity contribution in [2.75, 3.05) is 5.75 Å². The van der Waals surface area contributed by atoms with Gasteiger partial charge in [0.25, 0.3) is 0 Å². The monoisotopic (exact) mass is 257 g/mol. The molecule has 1 unspecified atom stereocenters. The molecule has 0 spiro atoms. The van der Waals surface area contributed by atoms with E-state index in [-0.39, 0.29) is 11.6 Å². The largest absolute Gasteiger partial charge is 0.347 e. The highest BCUT2D eigenvalue weighted by molar-refractivity contribution is 7.80. The summed E-state index contributed by atoms with van der Waals surface area (Å²) >= 11 is 4.21. The van der Waals surface area contributed by atoms with E-state index in [1.807, 2.05) is 6.92 Å². The SMILES string of the molecule is CCCC(CS)Cn1cc([N+](=O)[O-])cnc1=O. The summed E-state index contributed by atoms with van der Waals surface area (Å²) < 4.78 is 1.29. The van der Waals surface area contributed by atoms with Crippen molar-refractivity contribution >= 4 is 18.3 Å². The molecule has 0 aliphatic rings. The third kappa shape index (κ3) is 3.85. The molecule has 94 valence electrons. The van der Waals surface area contributed by atoms with Gasteiger partial charge in [-0.25, -0.2) is 4.79 Å². The zero-order valence-corrected chi connectivity index (χ0v) is 10.5. The Morgan fingerprint density at radius 2 is 2.35 bits per heavy atom. The quantitative estimate of drug-likeness (QED) is 0.476. The number of nitrogens with zero attached hydrogens (tertiary/aromatic N) is 3. The van der Waals surface area contributed by atoms with Crippen molar-refractivity contribution in [3.05, 3.63) is 33.0 Å². The molecule has 0 aliphatic carbocycles. The Hall–Kier alpha value is -1.37. The molecule has 0 N–H and O–H groups in total. The van der Waals surface area contributed by atoms with Gasteiger partial charge < -0.3 is 0 Å². The molecule has 0 fully saturated rings. The van der Waals surface area contributed by atoms with Crippen molar-refractivity contribution in [3.63, 3.8) is 0 Å². The average molecular weight is 257 g/mol. The van der Waals surface area contributed by atoms with Gasteiger partial charge in [0.1, 0.15) is 6.20 Å². The summed E-state index contributed by atoms with van der Waals surface area (Å²) in [5, 5.41) is 10.6. The Labute approximate surface area is 104 Å². The molecule has 1 aromatic rings. The highest BCUT2D eigenvalue weighted by Gasteiger charge is 2.12. The van der Waals surface area contributed by atoms with Crippen molar-refractivity contribution in [3.8, 4) is 0 Å². The van der Waals surface area contributed by atoms with Crippen LogP contribution >= 0.6 is 12.6 Å². The van der Waals surface area contributed by atoms with Crippen molar-refractivity contribution in [1.29, 1.82) is 0 Å². The molecular weight excluding hydrogens is 242 g/mol. The molecule has 0 saturated heterocycles. The van der Waals surface area contributed by atoms with Crippen LogP contribution in [0, 0.1) is 16.0 Å². The molecule has 1 rings (SSSR count). The van der Waals surface area contributed by atoms with Gasteiger partial charge in [-0.15, -0.1) is 0 Å². The van der Waals surface area contributed by atoms with E-state index in [4.69, 9.17) is 0 Å². The average Bonchev–Trinajstić information content (AvgIpc) is 2.30. The topological polar surface area (TPSA) is 78.0 Å². The van der Waals surface area contributed by atoms with Gasteiger partial charge in [0.05, 0.1) is 11.1 Å². The number of rotatable bonds is 6. The molecule has 0 aromatic carbocycles. The summed E-state index contributed by atoms with van der Waals surface area (Å²) in [6, 6.07) is 0. The molecule has 7 heteroatoms. The standard InChI is InChI=1S/C10H15N3O3S/c1-2-3-8(7-17)5-12-6-9(13(15)16)4-11-10(12)14/h4,6,8,17H,2-3,5,7H2,1H3. The van der Waals surface area contributed by atoms with Gasteiger partial charge in [-0.1, -0.05) is 13.3 Å². The minimum Gasteiger partial charge on any atom is -0.292 e. The summed E-state index contributed by atoms with van der Waals surface area (Å²) in [5.74, 6) is 0.869. The number of thiol groups is 1. The van der Waals surface area contributed by atoms with Crippen LogP contribution in [-0.4, -0.2) is 20.2 Å². The maximum absolute atomic E-state index is 11.5. The molecule has 0 bridgehead atoms. The first kappa shape index (κ1) is 13.7. The molecule has 0 amide bonds. The summed E-state index contributed by atoms with van der Waals surface area (Å²) in [4.78, 5) is 25.0. The molecule has 17 heavy (non-hydrogen) atoms. The van der Waals surface area contributed by atoms with E-state index in [0.717, 1.165) is 19.0 Å². The normalized spacial score (nSPS) is 12.4. The third-order valence-corrected chi connectivity index (χ3v) is 2.98. The molecule has 1 heterocycles. The Balaban J connectivity index is 2.92. The van der Waals surface area contributed by atoms with Crippen molar-refractivity contribution in [2.24, 2.45) is 5.92 Å². The van der Waals surface area contributed by atoms with Crippen LogP contribution in [0.5, 0.6) is 0 Å². The van der Waals surface area contributed by atoms with Crippen LogP contribution in [0.1, 0.15) is 19.8 Å². The second kappa shape index (κ2) is 6.39. The first-order valence-electron chi connectivity index (χ1n) is 5.40. The fourth-order valence-electron chi connectivity index (χ4n) is 1.60. The highest BCUT2D eigenvalue weighted by atomic mass is 32.1. The maximum Gasteiger partial charge on any atom is 0.347 e. The highest BCUT2D eigenvalue weighted by Crippen LogP contribution is 2.12. The fourth-order valence-corrected chi connectivity index (χ4v) is 1.89. The maximum atomic E-state index is 11.5. The second-order valence-corrected chi connectivity index (χ2v) is 4.21. The molecule has 0 radical (unpaired) electrons. The summed E-state index contributed by atoms with van der Waals surface area (Å²) in [6.07, 6.45) is 4.14. The predicted octanol–water partition coefficient (Wildman–Crippen LogP) is 1.50. The van der Waals surface area contributed by atoms with Gasteiger partial charge in [0.2, 0.25) is 0 Å². The van der Waals surface area contributed by atoms with Crippen LogP contribution < -0.4 is 5.69 Å². The Bertz CT molecular complexity index is 447. The summed E-state index contributed by atoms with van der Waals surface area (Å²) in [7, 11) is 0. The number of nitro groups is 1. The van der Waals surface area contributed by atoms with Crippen LogP contribution in [0.2, 0.25) is 0 Å². The van der Waals surface area contributed by atoms with Crippen LogP contribution in [0.15, 0.2) is 17.2 Å². The van der Waals surface area contributed by atoms with E-state index in [9.17, 15) is 14.9 Å². The minimum atomic E-state index is -0.557. The number of hydrogen-bond donors (Lipinski definition) is 1. The fraction of sp³-hybridized carbons (Fsp3) is 0.600. The van der Waals surface area contributed by atoms with Crippen molar-refractivity contribution in [1.82, 2.24) is 9.55 Å². The van der Waals surface area contributed by atoms with Crippen LogP contribution in [0.4, 0.5) is 5.69 Å². The van der Waals surface area contributed by atoms with Crippen molar-refractivity contribution in [2.45, 2.75) is 26.3 Å². The van der Waals surface area contributed by atoms with E-state index < -0.39 is 10.6 Å². The third-order valence-electron chi connectivity index (χ3n) is 2.46. The molecular formula is C10H15N3O3S. The van der Waals surface area contributed by atoms with Gasteiger partial charge in [0.15, 0.2) is 0 Å². The van der Waals surface area contributed by atoms with E-state index >= 15 is 0 Å². The van der Waals surface area contributed by atoms with E-state index in [1.54, 1.807) is 0 Å². The Kier molecular flexibility index (Phi) is 5.14. The molecule has 0 aliphatic heterocycles. The molecule has 1 atom stereocenters. The number of aromatic nitrogens is 2. The molecule has 1 aromatic heterocycles. The van der Waals surface area contributed by atoms with Gasteiger partial charge in [-0.2, -0.15) is 17.6 Å². The first-order chi connectivity index (χ1) is 8.08.